The predicted octanol–water partition coefficient (Wildman–Crippen LogP) is 2.94. The second-order valence-electron chi connectivity index (χ2n) is 6.08. The Hall–Kier alpha value is -2.28. The molecule has 4 rings (SSSR count). The van der Waals surface area contributed by atoms with Crippen LogP contribution in [0.5, 0.6) is 0 Å². The van der Waals surface area contributed by atoms with Crippen LogP contribution < -0.4 is 5.32 Å². The summed E-state index contributed by atoms with van der Waals surface area (Å²) in [5, 5.41) is 16.6. The van der Waals surface area contributed by atoms with Crippen LogP contribution in [0, 0.1) is 0 Å². The van der Waals surface area contributed by atoms with Crippen molar-refractivity contribution in [2.45, 2.75) is 37.7 Å². The monoisotopic (exact) mass is 328 g/mol. The number of carbonyl (C=O) groups excluding carboxylic acids is 1. The smallest absolute Gasteiger partial charge is 0.273 e. The number of hydrogen-bond donors (Lipinski definition) is 1. The maximum absolute atomic E-state index is 12.5. The first-order valence-corrected chi connectivity index (χ1v) is 8.41. The lowest BCUT2D eigenvalue weighted by Crippen LogP contribution is -2.40. The van der Waals surface area contributed by atoms with E-state index in [-0.39, 0.29) is 5.91 Å². The maximum Gasteiger partial charge on any atom is 0.273 e. The zero-order valence-electron chi connectivity index (χ0n) is 12.7. The number of rotatable bonds is 4. The summed E-state index contributed by atoms with van der Waals surface area (Å²) in [5.41, 5.74) is 0.728. The summed E-state index contributed by atoms with van der Waals surface area (Å²) in [5.74, 6) is 0.287. The van der Waals surface area contributed by atoms with Gasteiger partial charge >= 0.3 is 0 Å². The normalized spacial score (nSPS) is 23.3. The highest BCUT2D eigenvalue weighted by Crippen LogP contribution is 2.42. The van der Waals surface area contributed by atoms with E-state index in [1.165, 1.54) is 11.3 Å². The third kappa shape index (κ3) is 2.84. The molecule has 23 heavy (non-hydrogen) atoms. The molecule has 1 aromatic heterocycles. The minimum Gasteiger partial charge on any atom is -0.379 e. The Morgan fingerprint density at radius 2 is 2.09 bits per heavy atom. The van der Waals surface area contributed by atoms with Gasteiger partial charge in [0.15, 0.2) is 0 Å². The van der Waals surface area contributed by atoms with Crippen molar-refractivity contribution in [1.82, 2.24) is 10.2 Å². The number of nitrogens with zero attached hydrogens (tertiary/aromatic N) is 3. The van der Waals surface area contributed by atoms with Crippen molar-refractivity contribution in [3.8, 4) is 0 Å². The highest BCUT2D eigenvalue weighted by Gasteiger charge is 2.42. The largest absolute Gasteiger partial charge is 0.379 e. The van der Waals surface area contributed by atoms with Gasteiger partial charge < -0.3 is 4.84 Å². The molecule has 6 nitrogen and oxygen atoms in total. The number of nitrogens with one attached hydrogen (secondary N) is 1. The summed E-state index contributed by atoms with van der Waals surface area (Å²) in [6.45, 7) is 1.74. The molecule has 1 aliphatic heterocycles. The number of benzene rings is 1. The van der Waals surface area contributed by atoms with E-state index >= 15 is 0 Å². The predicted molar refractivity (Wildman–Crippen MR) is 87.6 cm³/mol. The summed E-state index contributed by atoms with van der Waals surface area (Å²) < 4.78 is 0. The second kappa shape index (κ2) is 5.42. The number of carbonyl (C=O) groups is 1. The molecule has 1 aromatic carbocycles. The second-order valence-corrected chi connectivity index (χ2v) is 7.09. The Morgan fingerprint density at radius 1 is 1.30 bits per heavy atom. The Bertz CT molecular complexity index is 769. The van der Waals surface area contributed by atoms with Gasteiger partial charge in [-0.2, -0.15) is 0 Å². The molecule has 1 saturated carbocycles. The molecule has 1 amide bonds. The van der Waals surface area contributed by atoms with Crippen LogP contribution in [-0.2, 0) is 9.63 Å². The standard InChI is InChI=1S/C16H16N4O2S/c1-16(9-12(20-22-16)10-5-3-2-4-6-10)14(21)17-15-19-18-13(23-15)11-7-8-11/h2-6,11H,7-9H2,1H3,(H,17,19,21)/t16-/m1/s1. The zero-order valence-corrected chi connectivity index (χ0v) is 13.5. The maximum atomic E-state index is 12.5. The molecule has 1 N–H and O–H groups in total. The first-order valence-electron chi connectivity index (χ1n) is 7.59. The molecule has 0 radical (unpaired) electrons. The van der Waals surface area contributed by atoms with Crippen LogP contribution in [-0.4, -0.2) is 27.4 Å². The van der Waals surface area contributed by atoms with Crippen LogP contribution in [0.25, 0.3) is 0 Å². The van der Waals surface area contributed by atoms with Crippen LogP contribution in [0.15, 0.2) is 35.5 Å². The molecule has 2 aliphatic rings. The molecule has 2 heterocycles. The van der Waals surface area contributed by atoms with E-state index in [1.807, 2.05) is 30.3 Å². The van der Waals surface area contributed by atoms with Crippen LogP contribution in [0.2, 0.25) is 0 Å². The Labute approximate surface area is 137 Å². The molecule has 0 spiro atoms. The average molecular weight is 328 g/mol. The summed E-state index contributed by atoms with van der Waals surface area (Å²) >= 11 is 1.44. The number of hydrogen-bond acceptors (Lipinski definition) is 6. The van der Waals surface area contributed by atoms with Crippen molar-refractivity contribution in [1.29, 1.82) is 0 Å². The van der Waals surface area contributed by atoms with E-state index in [1.54, 1.807) is 6.92 Å². The summed E-state index contributed by atoms with van der Waals surface area (Å²) in [7, 11) is 0. The third-order valence-electron chi connectivity index (χ3n) is 4.04. The van der Waals surface area contributed by atoms with Crippen molar-refractivity contribution in [3.05, 3.63) is 40.9 Å². The highest BCUT2D eigenvalue weighted by molar-refractivity contribution is 7.15. The quantitative estimate of drug-likeness (QED) is 0.936. The summed E-state index contributed by atoms with van der Waals surface area (Å²) in [4.78, 5) is 18.0. The van der Waals surface area contributed by atoms with Gasteiger partial charge in [0.25, 0.3) is 5.91 Å². The molecule has 2 aromatic rings. The molecule has 7 heteroatoms. The fourth-order valence-corrected chi connectivity index (χ4v) is 3.36. The SMILES string of the molecule is C[C@]1(C(=O)Nc2nnc(C3CC3)s2)CC(c2ccccc2)=NO1. The Balaban J connectivity index is 1.44. The van der Waals surface area contributed by atoms with Crippen molar-refractivity contribution >= 4 is 28.1 Å². The molecule has 0 unspecified atom stereocenters. The number of anilines is 1. The van der Waals surface area contributed by atoms with E-state index in [9.17, 15) is 4.79 Å². The van der Waals surface area contributed by atoms with Gasteiger partial charge in [-0.05, 0) is 25.3 Å². The fourth-order valence-electron chi connectivity index (χ4n) is 2.46. The van der Waals surface area contributed by atoms with Crippen molar-refractivity contribution in [3.63, 3.8) is 0 Å². The zero-order chi connectivity index (χ0) is 15.9. The van der Waals surface area contributed by atoms with E-state index in [0.29, 0.717) is 17.5 Å². The minimum absolute atomic E-state index is 0.245. The Kier molecular flexibility index (Phi) is 3.37. The molecule has 1 aliphatic carbocycles. The van der Waals surface area contributed by atoms with Gasteiger partial charge in [0, 0.05) is 12.3 Å². The molecular formula is C16H16N4O2S. The van der Waals surface area contributed by atoms with Gasteiger partial charge in [-0.15, -0.1) is 10.2 Å². The summed E-state index contributed by atoms with van der Waals surface area (Å²) in [6, 6.07) is 9.73. The minimum atomic E-state index is -1.02. The summed E-state index contributed by atoms with van der Waals surface area (Å²) in [6.07, 6.45) is 2.76. The molecule has 1 atom stereocenters. The average Bonchev–Trinajstić information content (AvgIpc) is 3.18. The van der Waals surface area contributed by atoms with Crippen LogP contribution in [0.1, 0.15) is 42.7 Å². The van der Waals surface area contributed by atoms with E-state index in [2.05, 4.69) is 20.7 Å². The first-order chi connectivity index (χ1) is 11.1. The molecule has 0 bridgehead atoms. The van der Waals surface area contributed by atoms with E-state index < -0.39 is 5.60 Å². The lowest BCUT2D eigenvalue weighted by atomic mass is 9.95. The molecule has 118 valence electrons. The lowest BCUT2D eigenvalue weighted by molar-refractivity contribution is -0.135. The van der Waals surface area contributed by atoms with Gasteiger partial charge in [-0.25, -0.2) is 0 Å². The van der Waals surface area contributed by atoms with E-state index in [4.69, 9.17) is 4.84 Å². The molecule has 1 fully saturated rings. The van der Waals surface area contributed by atoms with Gasteiger partial charge in [-0.3, -0.25) is 10.1 Å². The van der Waals surface area contributed by atoms with Crippen molar-refractivity contribution < 1.29 is 9.63 Å². The topological polar surface area (TPSA) is 76.5 Å². The molecule has 0 saturated heterocycles. The Morgan fingerprint density at radius 3 is 2.83 bits per heavy atom. The molecular weight excluding hydrogens is 312 g/mol. The van der Waals surface area contributed by atoms with Crippen molar-refractivity contribution in [2.75, 3.05) is 5.32 Å². The van der Waals surface area contributed by atoms with Crippen LogP contribution in [0.3, 0.4) is 0 Å². The number of oxime groups is 1. The fraction of sp³-hybridized carbons (Fsp3) is 0.375. The number of aromatic nitrogens is 2. The lowest BCUT2D eigenvalue weighted by Gasteiger charge is -2.19. The van der Waals surface area contributed by atoms with Crippen LogP contribution in [0.4, 0.5) is 5.13 Å². The highest BCUT2D eigenvalue weighted by atomic mass is 32.1. The van der Waals surface area contributed by atoms with Crippen LogP contribution >= 0.6 is 11.3 Å². The van der Waals surface area contributed by atoms with Gasteiger partial charge in [-0.1, -0.05) is 46.8 Å². The third-order valence-corrected chi connectivity index (χ3v) is 5.04. The van der Waals surface area contributed by atoms with Gasteiger partial charge in [0.05, 0.1) is 5.71 Å². The number of amides is 1. The van der Waals surface area contributed by atoms with E-state index in [0.717, 1.165) is 29.1 Å². The van der Waals surface area contributed by atoms with Gasteiger partial charge in [0.2, 0.25) is 10.7 Å². The van der Waals surface area contributed by atoms with Gasteiger partial charge in [0.1, 0.15) is 5.01 Å². The first kappa shape index (κ1) is 14.3. The van der Waals surface area contributed by atoms with Crippen molar-refractivity contribution in [2.24, 2.45) is 5.16 Å².